The minimum atomic E-state index is -4.09. The molecular weight excluding hydrogens is 222 g/mol. The summed E-state index contributed by atoms with van der Waals surface area (Å²) < 4.78 is 22.2. The van der Waals surface area contributed by atoms with Crippen molar-refractivity contribution in [3.8, 4) is 0 Å². The number of carboxylic acids is 1. The van der Waals surface area contributed by atoms with Crippen molar-refractivity contribution in [1.82, 2.24) is 4.90 Å². The number of hydrogen-bond acceptors (Lipinski definition) is 4. The van der Waals surface area contributed by atoms with Crippen LogP contribution in [0.1, 0.15) is 20.8 Å². The molecule has 1 aliphatic rings. The third-order valence-corrected chi connectivity index (χ3v) is 6.06. The number of sulfone groups is 1. The zero-order chi connectivity index (χ0) is 12.2. The fraction of sp³-hybridized carbons (Fsp3) is 0.750. The molecular formula is C8H13NO5S. The average Bonchev–Trinajstić information content (AvgIpc) is 2.19. The van der Waals surface area contributed by atoms with E-state index < -0.39 is 31.3 Å². The molecule has 1 aliphatic heterocycles. The number of aliphatic carboxylic acids is 1. The fourth-order valence-electron chi connectivity index (χ4n) is 1.65. The van der Waals surface area contributed by atoms with Crippen LogP contribution < -0.4 is 0 Å². The maximum Gasteiger partial charge on any atom is 0.345 e. The second-order valence-electron chi connectivity index (χ2n) is 4.17. The summed E-state index contributed by atoms with van der Waals surface area (Å²) in [6.45, 7) is 3.46. The summed E-state index contributed by atoms with van der Waals surface area (Å²) in [6, 6.07) is 0. The molecule has 0 spiro atoms. The molecule has 0 radical (unpaired) electrons. The van der Waals surface area contributed by atoms with Crippen LogP contribution in [0.5, 0.6) is 0 Å². The lowest BCUT2D eigenvalue weighted by Gasteiger charge is -2.25. The topological polar surface area (TPSA) is 91.8 Å². The van der Waals surface area contributed by atoms with E-state index in [2.05, 4.69) is 0 Å². The van der Waals surface area contributed by atoms with Gasteiger partial charge >= 0.3 is 5.97 Å². The second kappa shape index (κ2) is 2.72. The van der Waals surface area contributed by atoms with Crippen molar-refractivity contribution in [2.75, 3.05) is 7.05 Å². The summed E-state index contributed by atoms with van der Waals surface area (Å²) in [5, 5.41) is 8.96. The van der Waals surface area contributed by atoms with Gasteiger partial charge in [-0.25, -0.2) is 13.2 Å². The van der Waals surface area contributed by atoms with Gasteiger partial charge in [-0.3, -0.25) is 4.79 Å². The third-order valence-electron chi connectivity index (χ3n) is 3.05. The highest BCUT2D eigenvalue weighted by molar-refractivity contribution is 7.96. The van der Waals surface area contributed by atoms with Crippen LogP contribution in [0.2, 0.25) is 0 Å². The number of carbonyl (C=O) groups excluding carboxylic acids is 1. The Balaban J connectivity index is 3.62. The Morgan fingerprint density at radius 1 is 1.33 bits per heavy atom. The highest BCUT2D eigenvalue weighted by atomic mass is 32.2. The average molecular weight is 235 g/mol. The number of likely N-dealkylation sites (N-methyl/N-ethyl adjacent to an activating group) is 1. The summed E-state index contributed by atoms with van der Waals surface area (Å²) in [7, 11) is -2.90. The summed E-state index contributed by atoms with van der Waals surface area (Å²) in [4.78, 5) is 21.3. The van der Waals surface area contributed by atoms with E-state index >= 15 is 0 Å². The SMILES string of the molecule is CN1C(=O)C(C)(C)S(=O)(=O)C1(C)C(=O)O. The van der Waals surface area contributed by atoms with Crippen molar-refractivity contribution in [2.24, 2.45) is 0 Å². The Hall–Kier alpha value is -1.11. The van der Waals surface area contributed by atoms with E-state index in [0.29, 0.717) is 0 Å². The van der Waals surface area contributed by atoms with Gasteiger partial charge in [-0.05, 0) is 20.8 Å². The highest BCUT2D eigenvalue weighted by Gasteiger charge is 2.68. The lowest BCUT2D eigenvalue weighted by molar-refractivity contribution is -0.149. The largest absolute Gasteiger partial charge is 0.479 e. The van der Waals surface area contributed by atoms with Gasteiger partial charge in [-0.2, -0.15) is 0 Å². The van der Waals surface area contributed by atoms with Gasteiger partial charge in [0, 0.05) is 7.05 Å². The van der Waals surface area contributed by atoms with Crippen molar-refractivity contribution in [1.29, 1.82) is 0 Å². The lowest BCUT2D eigenvalue weighted by atomic mass is 10.1. The van der Waals surface area contributed by atoms with E-state index in [4.69, 9.17) is 5.11 Å². The molecule has 1 fully saturated rings. The molecule has 7 heteroatoms. The first-order valence-electron chi connectivity index (χ1n) is 4.27. The minimum absolute atomic E-state index is 0.701. The molecule has 1 unspecified atom stereocenters. The molecule has 1 saturated heterocycles. The van der Waals surface area contributed by atoms with Crippen molar-refractivity contribution in [3.05, 3.63) is 0 Å². The molecule has 0 aromatic rings. The van der Waals surface area contributed by atoms with Crippen molar-refractivity contribution in [2.45, 2.75) is 30.4 Å². The minimum Gasteiger partial charge on any atom is -0.479 e. The predicted molar refractivity (Wildman–Crippen MR) is 51.8 cm³/mol. The van der Waals surface area contributed by atoms with Crippen LogP contribution in [-0.2, 0) is 19.4 Å². The van der Waals surface area contributed by atoms with Gasteiger partial charge in [0.1, 0.15) is 4.75 Å². The fourth-order valence-corrected chi connectivity index (χ4v) is 3.68. The summed E-state index contributed by atoms with van der Waals surface area (Å²) in [6.07, 6.45) is 0. The van der Waals surface area contributed by atoms with Crippen LogP contribution in [0.15, 0.2) is 0 Å². The summed E-state index contributed by atoms with van der Waals surface area (Å²) in [5.41, 5.74) is 0. The Morgan fingerprint density at radius 3 is 1.87 bits per heavy atom. The number of carbonyl (C=O) groups is 2. The van der Waals surface area contributed by atoms with Crippen molar-refractivity contribution in [3.63, 3.8) is 0 Å². The number of nitrogens with zero attached hydrogens (tertiary/aromatic N) is 1. The van der Waals surface area contributed by atoms with E-state index in [1.165, 1.54) is 20.9 Å². The predicted octanol–water partition coefficient (Wildman–Crippen LogP) is -0.547. The molecule has 0 bridgehead atoms. The molecule has 1 rings (SSSR count). The van der Waals surface area contributed by atoms with Gasteiger partial charge < -0.3 is 10.0 Å². The Bertz CT molecular complexity index is 438. The Labute approximate surface area is 87.8 Å². The molecule has 0 saturated carbocycles. The molecule has 15 heavy (non-hydrogen) atoms. The number of carboxylic acid groups (broad SMARTS) is 1. The normalized spacial score (nSPS) is 33.1. The van der Waals surface area contributed by atoms with E-state index in [1.54, 1.807) is 0 Å². The van der Waals surface area contributed by atoms with Crippen LogP contribution in [0.3, 0.4) is 0 Å². The van der Waals surface area contributed by atoms with Crippen LogP contribution in [0, 0.1) is 0 Å². The maximum absolute atomic E-state index is 12.0. The Kier molecular flexibility index (Phi) is 2.17. The van der Waals surface area contributed by atoms with Gasteiger partial charge in [-0.15, -0.1) is 0 Å². The van der Waals surface area contributed by atoms with E-state index in [9.17, 15) is 18.0 Å². The van der Waals surface area contributed by atoms with Gasteiger partial charge in [0.05, 0.1) is 0 Å². The van der Waals surface area contributed by atoms with E-state index in [-0.39, 0.29) is 0 Å². The third kappa shape index (κ3) is 1.01. The van der Waals surface area contributed by atoms with Crippen LogP contribution in [-0.4, -0.2) is 47.0 Å². The molecule has 0 aliphatic carbocycles. The summed E-state index contributed by atoms with van der Waals surface area (Å²) in [5.74, 6) is -2.24. The smallest absolute Gasteiger partial charge is 0.345 e. The molecule has 1 atom stereocenters. The van der Waals surface area contributed by atoms with Crippen molar-refractivity contribution < 1.29 is 23.1 Å². The number of amides is 1. The zero-order valence-electron chi connectivity index (χ0n) is 8.94. The Morgan fingerprint density at radius 2 is 1.73 bits per heavy atom. The van der Waals surface area contributed by atoms with Gasteiger partial charge in [-0.1, -0.05) is 0 Å². The first-order chi connectivity index (χ1) is 6.51. The number of hydrogen-bond donors (Lipinski definition) is 1. The van der Waals surface area contributed by atoms with Crippen molar-refractivity contribution >= 4 is 21.7 Å². The maximum atomic E-state index is 12.0. The van der Waals surface area contributed by atoms with Crippen LogP contribution in [0.4, 0.5) is 0 Å². The molecule has 86 valence electrons. The van der Waals surface area contributed by atoms with Crippen LogP contribution in [0.25, 0.3) is 0 Å². The van der Waals surface area contributed by atoms with Gasteiger partial charge in [0.25, 0.3) is 0 Å². The zero-order valence-corrected chi connectivity index (χ0v) is 9.75. The van der Waals surface area contributed by atoms with Crippen LogP contribution >= 0.6 is 0 Å². The molecule has 1 N–H and O–H groups in total. The van der Waals surface area contributed by atoms with E-state index in [0.717, 1.165) is 11.8 Å². The lowest BCUT2D eigenvalue weighted by Crippen LogP contribution is -2.51. The molecule has 0 aromatic carbocycles. The molecule has 0 aromatic heterocycles. The highest BCUT2D eigenvalue weighted by Crippen LogP contribution is 2.40. The summed E-state index contributed by atoms with van der Waals surface area (Å²) >= 11 is 0. The molecule has 1 heterocycles. The second-order valence-corrected chi connectivity index (χ2v) is 6.99. The monoisotopic (exact) mass is 235 g/mol. The molecule has 6 nitrogen and oxygen atoms in total. The van der Waals surface area contributed by atoms with Gasteiger partial charge in [0.2, 0.25) is 10.8 Å². The quantitative estimate of drug-likeness (QED) is 0.658. The first kappa shape index (κ1) is 12.0. The molecule has 1 amide bonds. The van der Waals surface area contributed by atoms with Gasteiger partial charge in [0.15, 0.2) is 9.84 Å². The number of rotatable bonds is 1. The van der Waals surface area contributed by atoms with E-state index in [1.807, 2.05) is 0 Å². The first-order valence-corrected chi connectivity index (χ1v) is 5.75. The standard InChI is InChI=1S/C8H13NO5S/c1-7(2)5(10)9(4)8(3,6(11)12)15(7,13)14/h1-4H3,(H,11,12).